The molecule has 0 heterocycles. The van der Waals surface area contributed by atoms with Crippen molar-refractivity contribution in [3.8, 4) is 0 Å². The third kappa shape index (κ3) is 54.8. The summed E-state index contributed by atoms with van der Waals surface area (Å²) in [4.78, 5) is 37.8. The minimum Gasteiger partial charge on any atom is -0.462 e. The maximum absolute atomic E-state index is 12.8. The molecule has 68 heavy (non-hydrogen) atoms. The minimum absolute atomic E-state index is 0.0688. The first kappa shape index (κ1) is 65.9. The topological polar surface area (TPSA) is 78.9 Å². The molecule has 0 bridgehead atoms. The number of carbonyl (C=O) groups excluding carboxylic acids is 3. The van der Waals surface area contributed by atoms with Gasteiger partial charge in [-0.3, -0.25) is 14.4 Å². The molecule has 0 saturated carbocycles. The van der Waals surface area contributed by atoms with Gasteiger partial charge in [0.1, 0.15) is 13.2 Å². The average molecular weight is 958 g/mol. The molecule has 0 aromatic heterocycles. The van der Waals surface area contributed by atoms with E-state index in [9.17, 15) is 14.4 Å². The molecule has 0 amide bonds. The van der Waals surface area contributed by atoms with Crippen LogP contribution in [0.25, 0.3) is 0 Å². The Morgan fingerprint density at radius 1 is 0.294 bits per heavy atom. The van der Waals surface area contributed by atoms with Gasteiger partial charge in [-0.1, -0.05) is 289 Å². The minimum atomic E-state index is -0.767. The molecule has 0 saturated heterocycles. The van der Waals surface area contributed by atoms with E-state index in [1.165, 1.54) is 225 Å². The third-order valence-electron chi connectivity index (χ3n) is 13.7. The largest absolute Gasteiger partial charge is 0.462 e. The molecule has 0 rings (SSSR count). The highest BCUT2D eigenvalue weighted by atomic mass is 16.6. The molecule has 0 fully saturated rings. The van der Waals surface area contributed by atoms with Gasteiger partial charge in [0.25, 0.3) is 0 Å². The van der Waals surface area contributed by atoms with E-state index in [1.54, 1.807) is 0 Å². The Morgan fingerprint density at radius 2 is 0.529 bits per heavy atom. The third-order valence-corrected chi connectivity index (χ3v) is 13.7. The van der Waals surface area contributed by atoms with Gasteiger partial charge in [0.2, 0.25) is 0 Å². The average Bonchev–Trinajstić information content (AvgIpc) is 3.34. The van der Waals surface area contributed by atoms with Crippen LogP contribution in [0.15, 0.2) is 24.3 Å². The van der Waals surface area contributed by atoms with Gasteiger partial charge < -0.3 is 14.2 Å². The predicted octanol–water partition coefficient (Wildman–Crippen LogP) is 20.3. The quantitative estimate of drug-likeness (QED) is 0.0262. The Labute approximate surface area is 423 Å². The van der Waals surface area contributed by atoms with E-state index < -0.39 is 6.10 Å². The maximum Gasteiger partial charge on any atom is 0.306 e. The van der Waals surface area contributed by atoms with Crippen LogP contribution < -0.4 is 0 Å². The Kier molecular flexibility index (Phi) is 55.7. The summed E-state index contributed by atoms with van der Waals surface area (Å²) >= 11 is 0. The van der Waals surface area contributed by atoms with Crippen molar-refractivity contribution in [2.45, 2.75) is 341 Å². The van der Waals surface area contributed by atoms with E-state index in [1.807, 2.05) is 0 Å². The number of rotatable bonds is 56. The lowest BCUT2D eigenvalue weighted by atomic mass is 10.0. The molecular formula is C62H116O6. The molecule has 1 unspecified atom stereocenters. The Balaban J connectivity index is 3.99. The number of hydrogen-bond acceptors (Lipinski definition) is 6. The number of carbonyl (C=O) groups is 3. The molecule has 0 N–H and O–H groups in total. The lowest BCUT2D eigenvalue weighted by molar-refractivity contribution is -0.167. The molecule has 0 aromatic rings. The van der Waals surface area contributed by atoms with E-state index >= 15 is 0 Å². The normalized spacial score (nSPS) is 12.1. The van der Waals surface area contributed by atoms with Crippen molar-refractivity contribution in [3.63, 3.8) is 0 Å². The molecule has 0 aliphatic rings. The van der Waals surface area contributed by atoms with Crippen molar-refractivity contribution in [3.05, 3.63) is 24.3 Å². The molecule has 6 heteroatoms. The van der Waals surface area contributed by atoms with E-state index in [0.29, 0.717) is 19.3 Å². The van der Waals surface area contributed by atoms with Gasteiger partial charge in [-0.05, 0) is 51.4 Å². The summed E-state index contributed by atoms with van der Waals surface area (Å²) in [6.07, 6.45) is 68.0. The number of hydrogen-bond donors (Lipinski definition) is 0. The lowest BCUT2D eigenvalue weighted by Gasteiger charge is -2.18. The van der Waals surface area contributed by atoms with E-state index in [-0.39, 0.29) is 31.1 Å². The zero-order valence-electron chi connectivity index (χ0n) is 45.9. The SMILES string of the molecule is CCCCC/C=C\C/C=C\CCCCCCCCCCCC(=O)OC(COC(=O)CCCCCCC)COC(=O)CCCCCCCCCCCCCCCCCCCCCCCCCCCC. The van der Waals surface area contributed by atoms with Crippen LogP contribution in [0.5, 0.6) is 0 Å². The van der Waals surface area contributed by atoms with Crippen LogP contribution in [-0.4, -0.2) is 37.2 Å². The molecule has 0 aliphatic carbocycles. The van der Waals surface area contributed by atoms with Crippen molar-refractivity contribution >= 4 is 17.9 Å². The van der Waals surface area contributed by atoms with Gasteiger partial charge >= 0.3 is 17.9 Å². The Bertz CT molecular complexity index is 1100. The molecule has 1 atom stereocenters. The highest BCUT2D eigenvalue weighted by molar-refractivity contribution is 5.71. The first-order valence-corrected chi connectivity index (χ1v) is 30.3. The van der Waals surface area contributed by atoms with Crippen LogP contribution in [0.4, 0.5) is 0 Å². The summed E-state index contributed by atoms with van der Waals surface area (Å²) in [7, 11) is 0. The van der Waals surface area contributed by atoms with Crippen molar-refractivity contribution in [1.29, 1.82) is 0 Å². The molecular weight excluding hydrogens is 841 g/mol. The first-order chi connectivity index (χ1) is 33.5. The van der Waals surface area contributed by atoms with Crippen molar-refractivity contribution in [1.82, 2.24) is 0 Å². The van der Waals surface area contributed by atoms with Crippen LogP contribution in [0.2, 0.25) is 0 Å². The second kappa shape index (κ2) is 57.5. The van der Waals surface area contributed by atoms with Gasteiger partial charge in [0, 0.05) is 19.3 Å². The van der Waals surface area contributed by atoms with Crippen molar-refractivity contribution < 1.29 is 28.6 Å². The van der Waals surface area contributed by atoms with Crippen LogP contribution in [0.1, 0.15) is 335 Å². The highest BCUT2D eigenvalue weighted by Gasteiger charge is 2.19. The number of ether oxygens (including phenoxy) is 3. The van der Waals surface area contributed by atoms with Crippen LogP contribution in [0, 0.1) is 0 Å². The zero-order chi connectivity index (χ0) is 49.3. The smallest absolute Gasteiger partial charge is 0.306 e. The fourth-order valence-corrected chi connectivity index (χ4v) is 9.12. The van der Waals surface area contributed by atoms with Crippen LogP contribution >= 0.6 is 0 Å². The van der Waals surface area contributed by atoms with Crippen molar-refractivity contribution in [2.24, 2.45) is 0 Å². The van der Waals surface area contributed by atoms with Gasteiger partial charge in [0.15, 0.2) is 6.10 Å². The summed E-state index contributed by atoms with van der Waals surface area (Å²) < 4.78 is 16.8. The second-order valence-electron chi connectivity index (χ2n) is 20.6. The van der Waals surface area contributed by atoms with Crippen LogP contribution in [-0.2, 0) is 28.6 Å². The molecule has 0 spiro atoms. The lowest BCUT2D eigenvalue weighted by Crippen LogP contribution is -2.30. The Hall–Kier alpha value is -2.11. The zero-order valence-corrected chi connectivity index (χ0v) is 45.9. The fourth-order valence-electron chi connectivity index (χ4n) is 9.12. The summed E-state index contributed by atoms with van der Waals surface area (Å²) in [5.41, 5.74) is 0. The summed E-state index contributed by atoms with van der Waals surface area (Å²) in [6, 6.07) is 0. The summed E-state index contributed by atoms with van der Waals surface area (Å²) in [6.45, 7) is 6.58. The van der Waals surface area contributed by atoms with Crippen LogP contribution in [0.3, 0.4) is 0 Å². The molecule has 0 aromatic carbocycles. The molecule has 400 valence electrons. The fraction of sp³-hybridized carbons (Fsp3) is 0.887. The van der Waals surface area contributed by atoms with Crippen molar-refractivity contribution in [2.75, 3.05) is 13.2 Å². The monoisotopic (exact) mass is 957 g/mol. The number of unbranched alkanes of at least 4 members (excludes halogenated alkanes) is 41. The van der Waals surface area contributed by atoms with Gasteiger partial charge in [0.05, 0.1) is 0 Å². The highest BCUT2D eigenvalue weighted by Crippen LogP contribution is 2.18. The Morgan fingerprint density at radius 3 is 0.838 bits per heavy atom. The van der Waals surface area contributed by atoms with Gasteiger partial charge in [-0.25, -0.2) is 0 Å². The number of esters is 3. The van der Waals surface area contributed by atoms with Gasteiger partial charge in [-0.2, -0.15) is 0 Å². The van der Waals surface area contributed by atoms with E-state index in [4.69, 9.17) is 14.2 Å². The van der Waals surface area contributed by atoms with E-state index in [0.717, 1.165) is 70.6 Å². The molecule has 0 radical (unpaired) electrons. The second-order valence-corrected chi connectivity index (χ2v) is 20.6. The molecule has 6 nitrogen and oxygen atoms in total. The predicted molar refractivity (Wildman–Crippen MR) is 293 cm³/mol. The summed E-state index contributed by atoms with van der Waals surface area (Å²) in [5.74, 6) is -0.868. The maximum atomic E-state index is 12.8. The standard InChI is InChI=1S/C62H116O6/c1-4-7-10-13-15-17-19-21-23-25-27-28-29-30-31-32-33-35-36-38-40-42-44-46-49-52-55-61(64)67-58-59(57-66-60(63)54-51-48-12-9-6-3)68-62(65)56-53-50-47-45-43-41-39-37-34-26-24-22-20-18-16-14-11-8-5-2/h16,18,22,24,59H,4-15,17,19-21,23,25-58H2,1-3H3/b18-16-,24-22-. The van der Waals surface area contributed by atoms with Gasteiger partial charge in [-0.15, -0.1) is 0 Å². The number of allylic oxidation sites excluding steroid dienone is 4. The molecule has 0 aliphatic heterocycles. The van der Waals surface area contributed by atoms with E-state index in [2.05, 4.69) is 45.1 Å². The summed E-state index contributed by atoms with van der Waals surface area (Å²) in [5, 5.41) is 0. The first-order valence-electron chi connectivity index (χ1n) is 30.3.